The summed E-state index contributed by atoms with van der Waals surface area (Å²) in [6, 6.07) is 4.61. The summed E-state index contributed by atoms with van der Waals surface area (Å²) in [5.41, 5.74) is 0.878. The highest BCUT2D eigenvalue weighted by Crippen LogP contribution is 2.09. The van der Waals surface area contributed by atoms with Crippen LogP contribution >= 0.6 is 0 Å². The first-order chi connectivity index (χ1) is 8.66. The summed E-state index contributed by atoms with van der Waals surface area (Å²) in [4.78, 5) is 11.8. The summed E-state index contributed by atoms with van der Waals surface area (Å²) < 4.78 is 18.6. The molecule has 1 aromatic rings. The molecule has 2 N–H and O–H groups in total. The number of aryl methyl sites for hydroxylation is 1. The number of hydrogen-bond acceptors (Lipinski definition) is 3. The lowest BCUT2D eigenvalue weighted by molar-refractivity contribution is 0.0734. The minimum absolute atomic E-state index is 0.123. The van der Waals surface area contributed by atoms with Gasteiger partial charge in [0, 0.05) is 24.7 Å². The van der Waals surface area contributed by atoms with Gasteiger partial charge in [0.2, 0.25) is 0 Å². The predicted molar refractivity (Wildman–Crippen MR) is 66.1 cm³/mol. The number of carbonyl (C=O) groups is 1. The molecule has 0 radical (unpaired) electrons. The highest BCUT2D eigenvalue weighted by molar-refractivity contribution is 5.94. The van der Waals surface area contributed by atoms with Crippen molar-refractivity contribution >= 4 is 5.91 Å². The van der Waals surface area contributed by atoms with Crippen LogP contribution < -0.4 is 10.6 Å². The predicted octanol–water partition coefficient (Wildman–Crippen LogP) is 0.852. The van der Waals surface area contributed by atoms with E-state index in [1.165, 1.54) is 6.07 Å². The second-order valence-corrected chi connectivity index (χ2v) is 4.40. The van der Waals surface area contributed by atoms with Crippen molar-refractivity contribution in [3.63, 3.8) is 0 Å². The third-order valence-electron chi connectivity index (χ3n) is 2.94. The number of hydrogen-bond donors (Lipinski definition) is 2. The average Bonchev–Trinajstić information content (AvgIpc) is 2.40. The van der Waals surface area contributed by atoms with E-state index in [2.05, 4.69) is 10.6 Å². The molecule has 1 amide bonds. The first-order valence-corrected chi connectivity index (χ1v) is 6.02. The Morgan fingerprint density at radius 3 is 3.11 bits per heavy atom. The van der Waals surface area contributed by atoms with Gasteiger partial charge < -0.3 is 15.4 Å². The molecule has 1 aliphatic rings. The fourth-order valence-corrected chi connectivity index (χ4v) is 1.80. The van der Waals surface area contributed by atoms with Crippen LogP contribution in [0.2, 0.25) is 0 Å². The molecule has 1 heterocycles. The smallest absolute Gasteiger partial charge is 0.251 e. The number of benzene rings is 1. The quantitative estimate of drug-likeness (QED) is 0.838. The first-order valence-electron chi connectivity index (χ1n) is 6.02. The lowest BCUT2D eigenvalue weighted by Gasteiger charge is -2.23. The van der Waals surface area contributed by atoms with E-state index in [0.29, 0.717) is 30.9 Å². The van der Waals surface area contributed by atoms with E-state index in [0.717, 1.165) is 6.54 Å². The van der Waals surface area contributed by atoms with Crippen LogP contribution in [0.25, 0.3) is 0 Å². The lowest BCUT2D eigenvalue weighted by Crippen LogP contribution is -2.48. The van der Waals surface area contributed by atoms with Gasteiger partial charge >= 0.3 is 0 Å². The second kappa shape index (κ2) is 5.93. The maximum atomic E-state index is 13.3. The number of amides is 1. The van der Waals surface area contributed by atoms with Crippen molar-refractivity contribution in [1.82, 2.24) is 10.6 Å². The maximum Gasteiger partial charge on any atom is 0.251 e. The maximum absolute atomic E-state index is 13.3. The second-order valence-electron chi connectivity index (χ2n) is 4.40. The molecule has 1 unspecified atom stereocenters. The molecule has 1 aliphatic heterocycles. The fourth-order valence-electron chi connectivity index (χ4n) is 1.80. The molecule has 5 heteroatoms. The van der Waals surface area contributed by atoms with Crippen LogP contribution in [0.5, 0.6) is 0 Å². The van der Waals surface area contributed by atoms with Crippen molar-refractivity contribution in [3.8, 4) is 0 Å². The van der Waals surface area contributed by atoms with Crippen molar-refractivity contribution < 1.29 is 13.9 Å². The van der Waals surface area contributed by atoms with Crippen molar-refractivity contribution in [1.29, 1.82) is 0 Å². The van der Waals surface area contributed by atoms with Gasteiger partial charge in [-0.05, 0) is 24.6 Å². The van der Waals surface area contributed by atoms with E-state index in [1.54, 1.807) is 19.1 Å². The van der Waals surface area contributed by atoms with Gasteiger partial charge in [-0.25, -0.2) is 4.39 Å². The molecule has 1 atom stereocenters. The SMILES string of the molecule is Cc1ccc(C(=O)NCC2COCCN2)cc1F. The molecule has 1 aromatic carbocycles. The third kappa shape index (κ3) is 3.27. The Bertz CT molecular complexity index is 431. The molecular formula is C13H17FN2O2. The summed E-state index contributed by atoms with van der Waals surface area (Å²) in [7, 11) is 0. The standard InChI is InChI=1S/C13H17FN2O2/c1-9-2-3-10(6-12(9)14)13(17)16-7-11-8-18-5-4-15-11/h2-3,6,11,15H,4-5,7-8H2,1H3,(H,16,17). The number of ether oxygens (including phenoxy) is 1. The molecule has 0 spiro atoms. The Morgan fingerprint density at radius 2 is 2.44 bits per heavy atom. The van der Waals surface area contributed by atoms with E-state index in [1.807, 2.05) is 0 Å². The van der Waals surface area contributed by atoms with Crippen LogP contribution in [0, 0.1) is 12.7 Å². The summed E-state index contributed by atoms with van der Waals surface area (Å²) in [5.74, 6) is -0.622. The average molecular weight is 252 g/mol. The minimum Gasteiger partial charge on any atom is -0.378 e. The number of carbonyl (C=O) groups excluding carboxylic acids is 1. The van der Waals surface area contributed by atoms with Gasteiger partial charge in [0.05, 0.1) is 13.2 Å². The zero-order valence-electron chi connectivity index (χ0n) is 10.3. The molecule has 4 nitrogen and oxygen atoms in total. The molecule has 1 saturated heterocycles. The van der Waals surface area contributed by atoms with Gasteiger partial charge in [0.25, 0.3) is 5.91 Å². The number of halogens is 1. The van der Waals surface area contributed by atoms with Crippen LogP contribution in [0.4, 0.5) is 4.39 Å². The molecule has 1 fully saturated rings. The molecule has 2 rings (SSSR count). The summed E-state index contributed by atoms with van der Waals surface area (Å²) in [6.45, 7) is 4.23. The van der Waals surface area contributed by atoms with Crippen molar-refractivity contribution in [2.24, 2.45) is 0 Å². The molecule has 0 saturated carbocycles. The van der Waals surface area contributed by atoms with Crippen LogP contribution in [-0.2, 0) is 4.74 Å². The normalized spacial score (nSPS) is 19.6. The summed E-state index contributed by atoms with van der Waals surface area (Å²) in [5, 5.41) is 6.00. The lowest BCUT2D eigenvalue weighted by atomic mass is 10.1. The van der Waals surface area contributed by atoms with Gasteiger partial charge in [0.15, 0.2) is 0 Å². The topological polar surface area (TPSA) is 50.4 Å². The number of morpholine rings is 1. The zero-order valence-corrected chi connectivity index (χ0v) is 10.3. The van der Waals surface area contributed by atoms with E-state index in [4.69, 9.17) is 4.74 Å². The Hall–Kier alpha value is -1.46. The van der Waals surface area contributed by atoms with E-state index < -0.39 is 0 Å². The molecule has 0 aliphatic carbocycles. The fraction of sp³-hybridized carbons (Fsp3) is 0.462. The van der Waals surface area contributed by atoms with Crippen LogP contribution in [0.15, 0.2) is 18.2 Å². The van der Waals surface area contributed by atoms with Gasteiger partial charge in [0.1, 0.15) is 5.82 Å². The molecule has 98 valence electrons. The number of nitrogens with one attached hydrogen (secondary N) is 2. The van der Waals surface area contributed by atoms with Gasteiger partial charge in [-0.2, -0.15) is 0 Å². The van der Waals surface area contributed by atoms with Crippen LogP contribution in [0.3, 0.4) is 0 Å². The molecular weight excluding hydrogens is 235 g/mol. The molecule has 0 bridgehead atoms. The Morgan fingerprint density at radius 1 is 1.61 bits per heavy atom. The first kappa shape index (κ1) is 13.0. The summed E-state index contributed by atoms with van der Waals surface area (Å²) >= 11 is 0. The Labute approximate surface area is 106 Å². The highest BCUT2D eigenvalue weighted by Gasteiger charge is 2.14. The van der Waals surface area contributed by atoms with Crippen molar-refractivity contribution in [2.75, 3.05) is 26.3 Å². The van der Waals surface area contributed by atoms with Gasteiger partial charge in [-0.3, -0.25) is 4.79 Å². The zero-order chi connectivity index (χ0) is 13.0. The van der Waals surface area contributed by atoms with Crippen LogP contribution in [0.1, 0.15) is 15.9 Å². The van der Waals surface area contributed by atoms with E-state index in [9.17, 15) is 9.18 Å². The summed E-state index contributed by atoms with van der Waals surface area (Å²) in [6.07, 6.45) is 0. The Balaban J connectivity index is 1.88. The largest absolute Gasteiger partial charge is 0.378 e. The van der Waals surface area contributed by atoms with Gasteiger partial charge in [-0.15, -0.1) is 0 Å². The van der Waals surface area contributed by atoms with Crippen molar-refractivity contribution in [3.05, 3.63) is 35.1 Å². The van der Waals surface area contributed by atoms with Crippen molar-refractivity contribution in [2.45, 2.75) is 13.0 Å². The van der Waals surface area contributed by atoms with E-state index in [-0.39, 0.29) is 17.8 Å². The number of rotatable bonds is 3. The molecule has 0 aromatic heterocycles. The minimum atomic E-state index is -0.359. The van der Waals surface area contributed by atoms with Gasteiger partial charge in [-0.1, -0.05) is 6.07 Å². The van der Waals surface area contributed by atoms with Crippen LogP contribution in [-0.4, -0.2) is 38.3 Å². The molecule has 18 heavy (non-hydrogen) atoms. The Kier molecular flexibility index (Phi) is 4.28. The monoisotopic (exact) mass is 252 g/mol. The highest BCUT2D eigenvalue weighted by atomic mass is 19.1. The third-order valence-corrected chi connectivity index (χ3v) is 2.94. The van der Waals surface area contributed by atoms with E-state index >= 15 is 0 Å².